The number of nitrogens with zero attached hydrogens (tertiary/aromatic N) is 2. The van der Waals surface area contributed by atoms with Crippen LogP contribution in [0.2, 0.25) is 0 Å². The monoisotopic (exact) mass is 424 g/mol. The van der Waals surface area contributed by atoms with E-state index < -0.39 is 5.60 Å². The van der Waals surface area contributed by atoms with Gasteiger partial charge in [0.15, 0.2) is 0 Å². The van der Waals surface area contributed by atoms with Crippen molar-refractivity contribution in [1.29, 1.82) is 10.7 Å². The van der Waals surface area contributed by atoms with E-state index in [-0.39, 0.29) is 28.7 Å². The van der Waals surface area contributed by atoms with Crippen LogP contribution < -0.4 is 10.2 Å². The predicted octanol–water partition coefficient (Wildman–Crippen LogP) is 4.53. The molecule has 0 saturated carbocycles. The summed E-state index contributed by atoms with van der Waals surface area (Å²) in [7, 11) is 0. The van der Waals surface area contributed by atoms with Crippen LogP contribution in [0.4, 0.5) is 5.82 Å². The summed E-state index contributed by atoms with van der Waals surface area (Å²) in [6.07, 6.45) is 1.73. The number of ether oxygens (including phenoxy) is 1. The van der Waals surface area contributed by atoms with Gasteiger partial charge in [0.25, 0.3) is 0 Å². The van der Waals surface area contributed by atoms with Crippen molar-refractivity contribution in [2.24, 2.45) is 0 Å². The van der Waals surface area contributed by atoms with Gasteiger partial charge in [-0.15, -0.1) is 0 Å². The predicted molar refractivity (Wildman–Crippen MR) is 116 cm³/mol. The number of nitrogens with one attached hydrogen (secondary N) is 2. The van der Waals surface area contributed by atoms with Crippen molar-refractivity contribution in [3.8, 4) is 28.6 Å². The topological polar surface area (TPSA) is 114 Å². The van der Waals surface area contributed by atoms with Gasteiger partial charge in [0.2, 0.25) is 0 Å². The first-order chi connectivity index (χ1) is 14.2. The summed E-state index contributed by atoms with van der Waals surface area (Å²) in [5.41, 5.74) is 3.58. The fraction of sp³-hybridized carbons (Fsp3) is 0.182. The molecule has 3 aromatic rings. The first-order valence-corrected chi connectivity index (χ1v) is 9.48. The Hall–Kier alpha value is -3.31. The van der Waals surface area contributed by atoms with E-state index in [0.717, 1.165) is 5.69 Å². The normalized spacial score (nSPS) is 11.1. The molecule has 0 radical (unpaired) electrons. The molecule has 3 rings (SSSR count). The van der Waals surface area contributed by atoms with Gasteiger partial charge in [-0.3, -0.25) is 16.1 Å². The minimum atomic E-state index is -1.04. The molecule has 0 amide bonds. The molecule has 0 aliphatic carbocycles. The molecule has 0 saturated heterocycles. The number of halogens is 1. The van der Waals surface area contributed by atoms with Gasteiger partial charge < -0.3 is 14.4 Å². The number of hydrogen-bond donors (Lipinski definition) is 4. The molecule has 7 nitrogen and oxygen atoms in total. The Morgan fingerprint density at radius 1 is 1.27 bits per heavy atom. The molecule has 0 bridgehead atoms. The average molecular weight is 425 g/mol. The summed E-state index contributed by atoms with van der Waals surface area (Å²) >= 11 is 6.05. The number of hydrogen-bond acceptors (Lipinski definition) is 6. The van der Waals surface area contributed by atoms with Crippen LogP contribution in [-0.2, 0) is 0 Å². The molecule has 0 fully saturated rings. The molecule has 0 atom stereocenters. The van der Waals surface area contributed by atoms with Crippen LogP contribution in [0, 0.1) is 16.7 Å². The van der Waals surface area contributed by atoms with Gasteiger partial charge in [-0.05, 0) is 43.7 Å². The van der Waals surface area contributed by atoms with Crippen molar-refractivity contribution in [1.82, 2.24) is 4.57 Å². The number of benzene rings is 2. The van der Waals surface area contributed by atoms with E-state index in [2.05, 4.69) is 11.5 Å². The van der Waals surface area contributed by atoms with E-state index in [0.29, 0.717) is 16.9 Å². The zero-order chi connectivity index (χ0) is 21.9. The van der Waals surface area contributed by atoms with Crippen LogP contribution in [0.3, 0.4) is 0 Å². The molecule has 2 aromatic carbocycles. The van der Waals surface area contributed by atoms with E-state index in [4.69, 9.17) is 21.7 Å². The third-order valence-electron chi connectivity index (χ3n) is 4.36. The van der Waals surface area contributed by atoms with Gasteiger partial charge in [-0.1, -0.05) is 35.9 Å². The second-order valence-electron chi connectivity index (χ2n) is 7.32. The largest absolute Gasteiger partial charge is 0.489 e. The summed E-state index contributed by atoms with van der Waals surface area (Å²) in [6.45, 7) is 3.25. The quantitative estimate of drug-likeness (QED) is 0.328. The standard InChI is InChI=1S/C22H21ClN4O3/c1-22(2,28)13-30-18-9-8-14(10-15(18)11-24)17-12-27(16-6-4-3-5-7-16)21(26-29)19(17)20(23)25/h3-10,12,25-26,28-29H,13H2,1-2H3. The van der Waals surface area contributed by atoms with E-state index in [9.17, 15) is 15.6 Å². The number of aromatic nitrogens is 1. The van der Waals surface area contributed by atoms with Crippen molar-refractivity contribution in [2.45, 2.75) is 19.4 Å². The van der Waals surface area contributed by atoms with Gasteiger partial charge in [0.1, 0.15) is 29.4 Å². The molecular weight excluding hydrogens is 404 g/mol. The maximum atomic E-state index is 9.86. The summed E-state index contributed by atoms with van der Waals surface area (Å²) in [6, 6.07) is 16.3. The third kappa shape index (κ3) is 4.47. The van der Waals surface area contributed by atoms with Crippen molar-refractivity contribution in [2.75, 3.05) is 12.1 Å². The Morgan fingerprint density at radius 3 is 2.53 bits per heavy atom. The fourth-order valence-electron chi connectivity index (χ4n) is 3.01. The van der Waals surface area contributed by atoms with Crippen molar-refractivity contribution >= 4 is 22.6 Å². The molecule has 4 N–H and O–H groups in total. The average Bonchev–Trinajstić information content (AvgIpc) is 3.12. The second kappa shape index (κ2) is 8.59. The highest BCUT2D eigenvalue weighted by atomic mass is 35.5. The molecular formula is C22H21ClN4O3. The molecule has 0 aliphatic heterocycles. The van der Waals surface area contributed by atoms with Crippen LogP contribution in [0.1, 0.15) is 25.0 Å². The molecule has 1 aromatic heterocycles. The van der Waals surface area contributed by atoms with E-state index in [1.807, 2.05) is 30.3 Å². The SMILES string of the molecule is CC(C)(O)COc1ccc(-c2cn(-c3ccccc3)c(NO)c2C(=N)Cl)cc1C#N. The molecule has 1 heterocycles. The Labute approximate surface area is 179 Å². The van der Waals surface area contributed by atoms with Gasteiger partial charge in [-0.25, -0.2) is 0 Å². The number of anilines is 1. The van der Waals surface area contributed by atoms with Gasteiger partial charge in [0, 0.05) is 17.4 Å². The molecule has 0 unspecified atom stereocenters. The molecule has 0 spiro atoms. The second-order valence-corrected chi connectivity index (χ2v) is 7.70. The lowest BCUT2D eigenvalue weighted by atomic mass is 10.0. The maximum Gasteiger partial charge on any atom is 0.145 e. The van der Waals surface area contributed by atoms with E-state index in [1.165, 1.54) is 0 Å². The summed E-state index contributed by atoms with van der Waals surface area (Å²) in [5, 5.41) is 36.9. The molecule has 30 heavy (non-hydrogen) atoms. The maximum absolute atomic E-state index is 9.86. The van der Waals surface area contributed by atoms with Crippen LogP contribution in [-0.4, -0.2) is 32.3 Å². The van der Waals surface area contributed by atoms with Crippen LogP contribution in [0.5, 0.6) is 5.75 Å². The third-order valence-corrected chi connectivity index (χ3v) is 4.55. The first kappa shape index (κ1) is 21.4. The van der Waals surface area contributed by atoms with Gasteiger partial charge in [0.05, 0.1) is 16.7 Å². The molecule has 8 heteroatoms. The van der Waals surface area contributed by atoms with Gasteiger partial charge in [-0.2, -0.15) is 5.26 Å². The van der Waals surface area contributed by atoms with Crippen LogP contribution in [0.15, 0.2) is 54.7 Å². The lowest BCUT2D eigenvalue weighted by Crippen LogP contribution is -2.28. The summed E-state index contributed by atoms with van der Waals surface area (Å²) in [5.74, 6) is 0.575. The number of nitriles is 1. The number of para-hydroxylation sites is 1. The lowest BCUT2D eigenvalue weighted by molar-refractivity contribution is 0.0284. The summed E-state index contributed by atoms with van der Waals surface area (Å²) in [4.78, 5) is 0. The van der Waals surface area contributed by atoms with Gasteiger partial charge >= 0.3 is 0 Å². The van der Waals surface area contributed by atoms with E-state index >= 15 is 0 Å². The van der Waals surface area contributed by atoms with E-state index in [1.54, 1.807) is 42.8 Å². The first-order valence-electron chi connectivity index (χ1n) is 9.10. The molecule has 154 valence electrons. The zero-order valence-corrected chi connectivity index (χ0v) is 17.2. The van der Waals surface area contributed by atoms with Crippen molar-refractivity contribution in [3.63, 3.8) is 0 Å². The number of rotatable bonds is 7. The molecule has 0 aliphatic rings. The highest BCUT2D eigenvalue weighted by Crippen LogP contribution is 2.36. The highest BCUT2D eigenvalue weighted by Gasteiger charge is 2.22. The summed E-state index contributed by atoms with van der Waals surface area (Å²) < 4.78 is 7.26. The number of aliphatic hydroxyl groups is 1. The lowest BCUT2D eigenvalue weighted by Gasteiger charge is -2.18. The zero-order valence-electron chi connectivity index (χ0n) is 16.5. The minimum absolute atomic E-state index is 0.0293. The Kier molecular flexibility index (Phi) is 6.13. The van der Waals surface area contributed by atoms with Crippen molar-refractivity contribution < 1.29 is 15.1 Å². The van der Waals surface area contributed by atoms with Crippen LogP contribution >= 0.6 is 11.6 Å². The Bertz CT molecular complexity index is 1110. The highest BCUT2D eigenvalue weighted by molar-refractivity contribution is 6.69. The minimum Gasteiger partial charge on any atom is -0.489 e. The smallest absolute Gasteiger partial charge is 0.145 e. The van der Waals surface area contributed by atoms with Crippen molar-refractivity contribution in [3.05, 3.63) is 65.9 Å². The fourth-order valence-corrected chi connectivity index (χ4v) is 3.21. The Balaban J connectivity index is 2.12. The van der Waals surface area contributed by atoms with Crippen LogP contribution in [0.25, 0.3) is 16.8 Å². The Morgan fingerprint density at radius 2 is 1.97 bits per heavy atom.